The maximum absolute atomic E-state index is 12.5. The van der Waals surface area contributed by atoms with Crippen LogP contribution in [0.3, 0.4) is 0 Å². The molecule has 1 atom stereocenters. The zero-order valence-corrected chi connectivity index (χ0v) is 22.2. The number of aromatic carboxylic acids is 1. The van der Waals surface area contributed by atoms with Gasteiger partial charge in [-0.05, 0) is 60.9 Å². The lowest BCUT2D eigenvalue weighted by atomic mass is 9.97. The summed E-state index contributed by atoms with van der Waals surface area (Å²) in [5, 5.41) is 10.5. The normalized spacial score (nSPS) is 12.7. The number of allylic oxidation sites excluding steroid dienone is 2. The van der Waals surface area contributed by atoms with Gasteiger partial charge in [-0.2, -0.15) is 0 Å². The summed E-state index contributed by atoms with van der Waals surface area (Å²) in [6.45, 7) is 3.23. The topological polar surface area (TPSA) is 98.2 Å². The monoisotopic (exact) mass is 535 g/mol. The first kappa shape index (κ1) is 25.9. The van der Waals surface area contributed by atoms with E-state index in [1.54, 1.807) is 25.3 Å². The van der Waals surface area contributed by atoms with Gasteiger partial charge in [-0.25, -0.2) is 4.79 Å². The molecule has 2 heterocycles. The van der Waals surface area contributed by atoms with Crippen LogP contribution in [0.2, 0.25) is 5.02 Å². The quantitative estimate of drug-likeness (QED) is 0.219. The molecule has 2 aromatic heterocycles. The molecule has 0 saturated heterocycles. The number of hydrogen-bond donors (Lipinski definition) is 2. The summed E-state index contributed by atoms with van der Waals surface area (Å²) < 4.78 is 2.13. The predicted molar refractivity (Wildman–Crippen MR) is 155 cm³/mol. The molecule has 7 heteroatoms. The first-order valence-corrected chi connectivity index (χ1v) is 12.8. The number of carboxylic acids is 1. The minimum Gasteiger partial charge on any atom is -0.478 e. The number of carboxylic acid groups (broad SMARTS) is 1. The van der Waals surface area contributed by atoms with Crippen LogP contribution in [-0.2, 0) is 4.79 Å². The number of pyridine rings is 1. The first-order valence-electron chi connectivity index (χ1n) is 12.4. The predicted octanol–water partition coefficient (Wildman–Crippen LogP) is 6.97. The Labute approximate surface area is 231 Å². The van der Waals surface area contributed by atoms with Crippen LogP contribution in [-0.4, -0.2) is 26.4 Å². The van der Waals surface area contributed by atoms with E-state index in [9.17, 15) is 14.7 Å². The van der Waals surface area contributed by atoms with E-state index >= 15 is 0 Å². The maximum Gasteiger partial charge on any atom is 0.337 e. The van der Waals surface area contributed by atoms with Crippen molar-refractivity contribution in [2.75, 3.05) is 0 Å². The van der Waals surface area contributed by atoms with Gasteiger partial charge < -0.3 is 15.4 Å². The minimum atomic E-state index is -1.08. The molecule has 3 N–H and O–H groups in total. The van der Waals surface area contributed by atoms with Gasteiger partial charge in [-0.3, -0.25) is 9.78 Å². The number of Topliss-reactive ketones (excluding diaryl/α,β-unsaturated/α-hetero) is 1. The molecule has 0 aliphatic carbocycles. The molecule has 0 aliphatic rings. The summed E-state index contributed by atoms with van der Waals surface area (Å²) in [5.74, 6) is -1.20. The van der Waals surface area contributed by atoms with Crippen molar-refractivity contribution in [3.63, 3.8) is 0 Å². The Morgan fingerprint density at radius 1 is 0.949 bits per heavy atom. The molecule has 5 aromatic rings. The van der Waals surface area contributed by atoms with E-state index in [2.05, 4.69) is 21.7 Å². The molecule has 1 unspecified atom stereocenters. The van der Waals surface area contributed by atoms with E-state index in [0.717, 1.165) is 33.3 Å². The van der Waals surface area contributed by atoms with Gasteiger partial charge in [-0.15, -0.1) is 0 Å². The fraction of sp³-hybridized carbons (Fsp3) is 0.0938. The molecule has 6 nitrogen and oxygen atoms in total. The number of benzene rings is 3. The number of fused-ring (bicyclic) bond motifs is 1. The van der Waals surface area contributed by atoms with Crippen LogP contribution in [0.1, 0.15) is 47.1 Å². The average Bonchev–Trinajstić information content (AvgIpc) is 3.28. The molecule has 0 bridgehead atoms. The fourth-order valence-corrected chi connectivity index (χ4v) is 5.32. The fourth-order valence-electron chi connectivity index (χ4n) is 5.06. The molecule has 0 amide bonds. The van der Waals surface area contributed by atoms with E-state index < -0.39 is 5.97 Å². The Morgan fingerprint density at radius 2 is 1.69 bits per heavy atom. The third-order valence-electron chi connectivity index (χ3n) is 6.74. The Hall–Kier alpha value is -4.68. The first-order chi connectivity index (χ1) is 18.8. The van der Waals surface area contributed by atoms with Gasteiger partial charge in [0, 0.05) is 34.6 Å². The SMILES string of the molecule is CC(=O)/C(=C(/C)N)c1ccc2c(-c3ccc(C(=O)O)c(Cl)c3)cn(C(c3ccccc3)c3ccccn3)c2c1. The van der Waals surface area contributed by atoms with Gasteiger partial charge in [0.15, 0.2) is 5.78 Å². The molecule has 0 aliphatic heterocycles. The molecule has 0 spiro atoms. The number of ketones is 1. The molecule has 5 rings (SSSR count). The molecule has 3 aromatic carbocycles. The van der Waals surface area contributed by atoms with Crippen molar-refractivity contribution in [2.45, 2.75) is 19.9 Å². The van der Waals surface area contributed by atoms with E-state index in [-0.39, 0.29) is 22.4 Å². The number of carbonyl (C=O) groups excluding carboxylic acids is 1. The van der Waals surface area contributed by atoms with Crippen molar-refractivity contribution >= 4 is 39.8 Å². The van der Waals surface area contributed by atoms with Gasteiger partial charge >= 0.3 is 5.97 Å². The van der Waals surface area contributed by atoms with Gasteiger partial charge in [0.2, 0.25) is 0 Å². The number of rotatable bonds is 7. The summed E-state index contributed by atoms with van der Waals surface area (Å²) in [7, 11) is 0. The second kappa shape index (κ2) is 10.6. The van der Waals surface area contributed by atoms with Crippen LogP contribution in [0, 0.1) is 0 Å². The Bertz CT molecular complexity index is 1700. The molecule has 0 saturated carbocycles. The Morgan fingerprint density at radius 3 is 2.31 bits per heavy atom. The average molecular weight is 536 g/mol. The van der Waals surface area contributed by atoms with E-state index in [4.69, 9.17) is 17.3 Å². The van der Waals surface area contributed by atoms with Crippen molar-refractivity contribution in [2.24, 2.45) is 5.73 Å². The Balaban J connectivity index is 1.84. The number of aromatic nitrogens is 2. The van der Waals surface area contributed by atoms with E-state index in [1.807, 2.05) is 60.8 Å². The number of nitrogens with zero attached hydrogens (tertiary/aromatic N) is 2. The summed E-state index contributed by atoms with van der Waals surface area (Å²) >= 11 is 6.37. The lowest BCUT2D eigenvalue weighted by molar-refractivity contribution is -0.111. The van der Waals surface area contributed by atoms with Gasteiger partial charge in [0.25, 0.3) is 0 Å². The standard InChI is InChI=1S/C32H26ClN3O3/c1-19(34)30(20(2)37)23-12-13-24-26(22-11-14-25(32(38)39)27(33)16-22)18-36(29(24)17-23)31(21-8-4-3-5-9-21)28-10-6-7-15-35-28/h3-18,31H,34H2,1-2H3,(H,38,39)/b30-19+. The number of carbonyl (C=O) groups is 2. The van der Waals surface area contributed by atoms with Gasteiger partial charge in [0.05, 0.1) is 21.8 Å². The van der Waals surface area contributed by atoms with Crippen LogP contribution < -0.4 is 5.73 Å². The van der Waals surface area contributed by atoms with Crippen LogP contribution in [0.15, 0.2) is 103 Å². The molecule has 39 heavy (non-hydrogen) atoms. The summed E-state index contributed by atoms with van der Waals surface area (Å²) in [6, 6.07) is 26.3. The second-order valence-electron chi connectivity index (χ2n) is 9.36. The molecule has 0 radical (unpaired) electrons. The van der Waals surface area contributed by atoms with Crippen LogP contribution in [0.25, 0.3) is 27.6 Å². The number of halogens is 1. The maximum atomic E-state index is 12.5. The Kier molecular flexibility index (Phi) is 7.05. The number of nitrogens with two attached hydrogens (primary N) is 1. The molecule has 0 fully saturated rings. The third kappa shape index (κ3) is 4.94. The highest BCUT2D eigenvalue weighted by molar-refractivity contribution is 6.33. The van der Waals surface area contributed by atoms with Crippen molar-refractivity contribution < 1.29 is 14.7 Å². The van der Waals surface area contributed by atoms with Crippen LogP contribution in [0.4, 0.5) is 0 Å². The lowest BCUT2D eigenvalue weighted by Crippen LogP contribution is -2.13. The minimum absolute atomic E-state index is 0.0387. The number of hydrogen-bond acceptors (Lipinski definition) is 4. The second-order valence-corrected chi connectivity index (χ2v) is 9.77. The van der Waals surface area contributed by atoms with Crippen molar-refractivity contribution in [1.82, 2.24) is 9.55 Å². The highest BCUT2D eigenvalue weighted by atomic mass is 35.5. The lowest BCUT2D eigenvalue weighted by Gasteiger charge is -2.21. The third-order valence-corrected chi connectivity index (χ3v) is 7.05. The molecule has 194 valence electrons. The van der Waals surface area contributed by atoms with Crippen molar-refractivity contribution in [3.8, 4) is 11.1 Å². The van der Waals surface area contributed by atoms with Crippen molar-refractivity contribution in [1.29, 1.82) is 0 Å². The van der Waals surface area contributed by atoms with E-state index in [0.29, 0.717) is 16.8 Å². The smallest absolute Gasteiger partial charge is 0.337 e. The summed E-state index contributed by atoms with van der Waals surface area (Å²) in [6.07, 6.45) is 3.79. The van der Waals surface area contributed by atoms with Crippen LogP contribution in [0.5, 0.6) is 0 Å². The summed E-state index contributed by atoms with van der Waals surface area (Å²) in [5.41, 5.74) is 12.2. The van der Waals surface area contributed by atoms with Gasteiger partial charge in [-0.1, -0.05) is 66.2 Å². The van der Waals surface area contributed by atoms with E-state index in [1.165, 1.54) is 13.0 Å². The highest BCUT2D eigenvalue weighted by Gasteiger charge is 2.23. The highest BCUT2D eigenvalue weighted by Crippen LogP contribution is 2.39. The molecular weight excluding hydrogens is 510 g/mol. The zero-order valence-electron chi connectivity index (χ0n) is 21.4. The summed E-state index contributed by atoms with van der Waals surface area (Å²) in [4.78, 5) is 28.8. The zero-order chi connectivity index (χ0) is 27.7. The van der Waals surface area contributed by atoms with Crippen LogP contribution >= 0.6 is 11.6 Å². The largest absolute Gasteiger partial charge is 0.478 e. The molecular formula is C32H26ClN3O3. The van der Waals surface area contributed by atoms with Crippen molar-refractivity contribution in [3.05, 3.63) is 130 Å². The van der Waals surface area contributed by atoms with Gasteiger partial charge in [0.1, 0.15) is 6.04 Å².